The fourth-order valence-corrected chi connectivity index (χ4v) is 5.13. The van der Waals surface area contributed by atoms with Crippen molar-refractivity contribution in [2.75, 3.05) is 26.2 Å². The van der Waals surface area contributed by atoms with Crippen LogP contribution in [0.3, 0.4) is 0 Å². The summed E-state index contributed by atoms with van der Waals surface area (Å²) in [4.78, 5) is 14.4. The molecule has 0 saturated carbocycles. The van der Waals surface area contributed by atoms with Gasteiger partial charge in [-0.1, -0.05) is 35.9 Å². The zero-order chi connectivity index (χ0) is 20.3. The number of hydrogen-bond acceptors (Lipinski definition) is 3. The monoisotopic (exact) mass is 404 g/mol. The van der Waals surface area contributed by atoms with Gasteiger partial charge < -0.3 is 4.90 Å². The number of hydrogen-bond donors (Lipinski definition) is 0. The number of sulfonamides is 1. The zero-order valence-corrected chi connectivity index (χ0v) is 17.0. The molecule has 1 amide bonds. The molecule has 1 heterocycles. The first-order valence-electron chi connectivity index (χ1n) is 9.37. The Morgan fingerprint density at radius 2 is 1.71 bits per heavy atom. The summed E-state index contributed by atoms with van der Waals surface area (Å²) in [5, 5.41) is 0. The molecule has 0 radical (unpaired) electrons. The van der Waals surface area contributed by atoms with Crippen LogP contribution in [0.2, 0.25) is 0 Å². The minimum Gasteiger partial charge on any atom is -0.340 e. The van der Waals surface area contributed by atoms with Gasteiger partial charge in [0.2, 0.25) is 15.9 Å². The van der Waals surface area contributed by atoms with Crippen LogP contribution in [0.4, 0.5) is 4.39 Å². The summed E-state index contributed by atoms with van der Waals surface area (Å²) in [5.74, 6) is -0.383. The van der Waals surface area contributed by atoms with Gasteiger partial charge in [0.05, 0.1) is 4.90 Å². The molecule has 1 saturated heterocycles. The summed E-state index contributed by atoms with van der Waals surface area (Å²) >= 11 is 0. The first-order chi connectivity index (χ1) is 13.3. The molecule has 1 aliphatic heterocycles. The van der Waals surface area contributed by atoms with Gasteiger partial charge in [-0.15, -0.1) is 0 Å². The standard InChI is InChI=1S/C21H25FN2O3S/c1-16-7-9-20(17(2)15-16)28(26,27)24-13-11-23(12-14-24)21(25)10-8-18-5-3-4-6-19(18)22/h3-7,9,15H,8,10-14H2,1-2H3. The largest absolute Gasteiger partial charge is 0.340 e. The van der Waals surface area contributed by atoms with E-state index in [0.29, 0.717) is 30.0 Å². The normalized spacial score (nSPS) is 15.6. The summed E-state index contributed by atoms with van der Waals surface area (Å²) in [6.45, 7) is 4.94. The summed E-state index contributed by atoms with van der Waals surface area (Å²) < 4.78 is 41.0. The van der Waals surface area contributed by atoms with Crippen LogP contribution in [-0.4, -0.2) is 49.7 Å². The maximum atomic E-state index is 13.7. The number of aryl methyl sites for hydroxylation is 3. The summed E-state index contributed by atoms with van der Waals surface area (Å²) in [7, 11) is -3.57. The first kappa shape index (κ1) is 20.5. The number of amides is 1. The Morgan fingerprint density at radius 1 is 1.04 bits per heavy atom. The van der Waals surface area contributed by atoms with E-state index in [-0.39, 0.29) is 31.2 Å². The molecule has 28 heavy (non-hydrogen) atoms. The number of nitrogens with zero attached hydrogens (tertiary/aromatic N) is 2. The SMILES string of the molecule is Cc1ccc(S(=O)(=O)N2CCN(C(=O)CCc3ccccc3F)CC2)c(C)c1. The van der Waals surface area contributed by atoms with E-state index >= 15 is 0 Å². The number of rotatable bonds is 5. The average Bonchev–Trinajstić information content (AvgIpc) is 2.67. The molecule has 0 bridgehead atoms. The van der Waals surface area contributed by atoms with Crippen molar-refractivity contribution in [1.82, 2.24) is 9.21 Å². The van der Waals surface area contributed by atoms with Gasteiger partial charge in [0.25, 0.3) is 0 Å². The van der Waals surface area contributed by atoms with Gasteiger partial charge in [-0.05, 0) is 43.5 Å². The molecule has 2 aromatic rings. The van der Waals surface area contributed by atoms with Crippen LogP contribution < -0.4 is 0 Å². The van der Waals surface area contributed by atoms with E-state index in [9.17, 15) is 17.6 Å². The van der Waals surface area contributed by atoms with Crippen LogP contribution in [0.5, 0.6) is 0 Å². The van der Waals surface area contributed by atoms with Gasteiger partial charge in [-0.2, -0.15) is 4.31 Å². The van der Waals surface area contributed by atoms with Crippen LogP contribution in [0.1, 0.15) is 23.1 Å². The minimum absolute atomic E-state index is 0.0770. The molecule has 1 fully saturated rings. The van der Waals surface area contributed by atoms with Crippen LogP contribution in [0, 0.1) is 19.7 Å². The summed E-state index contributed by atoms with van der Waals surface area (Å²) in [6, 6.07) is 11.7. The third-order valence-electron chi connectivity index (χ3n) is 5.11. The first-order valence-corrected chi connectivity index (χ1v) is 10.8. The molecule has 7 heteroatoms. The summed E-state index contributed by atoms with van der Waals surface area (Å²) in [6.07, 6.45) is 0.553. The van der Waals surface area contributed by atoms with Crippen molar-refractivity contribution in [3.63, 3.8) is 0 Å². The lowest BCUT2D eigenvalue weighted by molar-refractivity contribution is -0.132. The Hall–Kier alpha value is -2.25. The predicted octanol–water partition coefficient (Wildman–Crippen LogP) is 2.91. The maximum Gasteiger partial charge on any atom is 0.243 e. The van der Waals surface area contributed by atoms with E-state index in [0.717, 1.165) is 11.1 Å². The van der Waals surface area contributed by atoms with Crippen molar-refractivity contribution < 1.29 is 17.6 Å². The van der Waals surface area contributed by atoms with Crippen LogP contribution in [-0.2, 0) is 21.2 Å². The molecule has 0 aliphatic carbocycles. The van der Waals surface area contributed by atoms with Crippen molar-refractivity contribution >= 4 is 15.9 Å². The quantitative estimate of drug-likeness (QED) is 0.770. The highest BCUT2D eigenvalue weighted by Crippen LogP contribution is 2.22. The van der Waals surface area contributed by atoms with E-state index in [2.05, 4.69) is 0 Å². The van der Waals surface area contributed by atoms with Crippen LogP contribution in [0.25, 0.3) is 0 Å². The Morgan fingerprint density at radius 3 is 2.36 bits per heavy atom. The van der Waals surface area contributed by atoms with Crippen molar-refractivity contribution in [3.8, 4) is 0 Å². The lowest BCUT2D eigenvalue weighted by atomic mass is 10.1. The second kappa shape index (κ2) is 8.41. The third kappa shape index (κ3) is 4.42. The molecule has 0 unspecified atom stereocenters. The number of carbonyl (C=O) groups is 1. The fraction of sp³-hybridized carbons (Fsp3) is 0.381. The van der Waals surface area contributed by atoms with Gasteiger partial charge in [-0.25, -0.2) is 12.8 Å². The molecular weight excluding hydrogens is 379 g/mol. The maximum absolute atomic E-state index is 13.7. The molecular formula is C21H25FN2O3S. The highest BCUT2D eigenvalue weighted by Gasteiger charge is 2.30. The van der Waals surface area contributed by atoms with E-state index in [1.807, 2.05) is 13.0 Å². The van der Waals surface area contributed by atoms with E-state index < -0.39 is 10.0 Å². The van der Waals surface area contributed by atoms with Gasteiger partial charge in [-0.3, -0.25) is 4.79 Å². The Labute approximate surface area is 165 Å². The van der Waals surface area contributed by atoms with Crippen molar-refractivity contribution in [3.05, 3.63) is 65.0 Å². The number of benzene rings is 2. The second-order valence-corrected chi connectivity index (χ2v) is 9.05. The van der Waals surface area contributed by atoms with E-state index in [1.165, 1.54) is 10.4 Å². The molecule has 2 aromatic carbocycles. The van der Waals surface area contributed by atoms with Crippen molar-refractivity contribution in [1.29, 1.82) is 0 Å². The molecule has 5 nitrogen and oxygen atoms in total. The Bertz CT molecular complexity index is 967. The zero-order valence-electron chi connectivity index (χ0n) is 16.2. The topological polar surface area (TPSA) is 57.7 Å². The van der Waals surface area contributed by atoms with Crippen molar-refractivity contribution in [2.45, 2.75) is 31.6 Å². The van der Waals surface area contributed by atoms with E-state index in [1.54, 1.807) is 42.2 Å². The highest BCUT2D eigenvalue weighted by atomic mass is 32.2. The Kier molecular flexibility index (Phi) is 6.15. The minimum atomic E-state index is -3.57. The predicted molar refractivity (Wildman–Crippen MR) is 106 cm³/mol. The Balaban J connectivity index is 1.59. The smallest absolute Gasteiger partial charge is 0.243 e. The molecule has 150 valence electrons. The third-order valence-corrected chi connectivity index (χ3v) is 7.16. The lowest BCUT2D eigenvalue weighted by Gasteiger charge is -2.34. The van der Waals surface area contributed by atoms with Gasteiger partial charge in [0.1, 0.15) is 5.82 Å². The molecule has 0 spiro atoms. The number of halogens is 1. The number of piperazine rings is 1. The molecule has 3 rings (SSSR count). The highest BCUT2D eigenvalue weighted by molar-refractivity contribution is 7.89. The van der Waals surface area contributed by atoms with Crippen LogP contribution >= 0.6 is 0 Å². The summed E-state index contributed by atoms with van der Waals surface area (Å²) in [5.41, 5.74) is 2.26. The van der Waals surface area contributed by atoms with Gasteiger partial charge >= 0.3 is 0 Å². The lowest BCUT2D eigenvalue weighted by Crippen LogP contribution is -2.50. The van der Waals surface area contributed by atoms with Crippen LogP contribution in [0.15, 0.2) is 47.4 Å². The van der Waals surface area contributed by atoms with Crippen molar-refractivity contribution in [2.24, 2.45) is 0 Å². The van der Waals surface area contributed by atoms with Gasteiger partial charge in [0.15, 0.2) is 0 Å². The second-order valence-electron chi connectivity index (χ2n) is 7.15. The fourth-order valence-electron chi connectivity index (χ4n) is 3.51. The molecule has 0 atom stereocenters. The molecule has 0 N–H and O–H groups in total. The van der Waals surface area contributed by atoms with Gasteiger partial charge in [0, 0.05) is 32.6 Å². The molecule has 1 aliphatic rings. The molecule has 0 aromatic heterocycles. The number of carbonyl (C=O) groups excluding carboxylic acids is 1. The average molecular weight is 405 g/mol. The van der Waals surface area contributed by atoms with E-state index in [4.69, 9.17) is 0 Å².